The van der Waals surface area contributed by atoms with Crippen LogP contribution in [0.25, 0.3) is 0 Å². The molecule has 10 heteroatoms. The molecule has 1 atom stereocenters. The van der Waals surface area contributed by atoms with Crippen LogP contribution in [0.1, 0.15) is 69.3 Å². The van der Waals surface area contributed by atoms with Gasteiger partial charge in [-0.05, 0) is 61.6 Å². The number of ether oxygens (including phenoxy) is 1. The van der Waals surface area contributed by atoms with Crippen molar-refractivity contribution in [3.05, 3.63) is 41.0 Å². The molecule has 202 valence electrons. The van der Waals surface area contributed by atoms with E-state index in [2.05, 4.69) is 10.4 Å². The van der Waals surface area contributed by atoms with Crippen molar-refractivity contribution < 1.29 is 22.7 Å². The smallest absolute Gasteiger partial charge is 0.308 e. The lowest BCUT2D eigenvalue weighted by molar-refractivity contribution is -0.146. The van der Waals surface area contributed by atoms with Gasteiger partial charge in [-0.25, -0.2) is 8.42 Å². The Kier molecular flexibility index (Phi) is 8.95. The second-order valence-electron chi connectivity index (χ2n) is 10.6. The van der Waals surface area contributed by atoms with Crippen LogP contribution in [0.15, 0.2) is 35.4 Å². The Bertz CT molecular complexity index is 1210. The summed E-state index contributed by atoms with van der Waals surface area (Å²) >= 11 is 6.32. The molecule has 0 saturated heterocycles. The molecule has 1 aromatic heterocycles. The molecule has 1 aromatic carbocycles. The minimum absolute atomic E-state index is 0.00877. The summed E-state index contributed by atoms with van der Waals surface area (Å²) in [7, 11) is -2.02. The number of methoxy groups -OCH3 is 1. The Morgan fingerprint density at radius 3 is 2.43 bits per heavy atom. The third kappa shape index (κ3) is 7.13. The summed E-state index contributed by atoms with van der Waals surface area (Å²) in [4.78, 5) is 25.3. The molecule has 2 aromatic rings. The number of hydrogen-bond acceptors (Lipinski definition) is 6. The van der Waals surface area contributed by atoms with E-state index in [4.69, 9.17) is 16.3 Å². The van der Waals surface area contributed by atoms with Crippen LogP contribution in [-0.4, -0.2) is 43.4 Å². The highest BCUT2D eigenvalue weighted by atomic mass is 35.5. The molecular weight excluding hydrogens is 514 g/mol. The predicted octanol–water partition coefficient (Wildman–Crippen LogP) is 5.22. The summed E-state index contributed by atoms with van der Waals surface area (Å²) in [5.41, 5.74) is 0.712. The number of rotatable bonds is 9. The fourth-order valence-corrected chi connectivity index (χ4v) is 7.10. The molecule has 1 heterocycles. The molecule has 2 fully saturated rings. The van der Waals surface area contributed by atoms with Gasteiger partial charge >= 0.3 is 5.97 Å². The normalized spacial score (nSPS) is 21.5. The van der Waals surface area contributed by atoms with Crippen molar-refractivity contribution in [3.8, 4) is 0 Å². The number of benzene rings is 1. The number of carbonyl (C=O) groups excluding carboxylic acids is 2. The van der Waals surface area contributed by atoms with Crippen molar-refractivity contribution in [1.82, 2.24) is 9.78 Å². The standard InChI is InChI=1S/C27H36ClN3O5S/c1-36-27(33)20-9-7-19(8-10-20)17-31-14-13-25(30-31)29-26(32)22(15-18-5-3-4-6-18)21-11-12-24(23(28)16-21)37(2,34)35/h11-14,16,18-20,22H,3-10,15,17H2,1-2H3,(H,29,30,32). The number of nitrogens with one attached hydrogen (secondary N) is 1. The van der Waals surface area contributed by atoms with Crippen LogP contribution in [0.3, 0.4) is 0 Å². The molecule has 1 amide bonds. The lowest BCUT2D eigenvalue weighted by Crippen LogP contribution is -2.25. The van der Waals surface area contributed by atoms with Gasteiger partial charge in [0.25, 0.3) is 0 Å². The fraction of sp³-hybridized carbons (Fsp3) is 0.593. The first-order valence-corrected chi connectivity index (χ1v) is 15.3. The van der Waals surface area contributed by atoms with Gasteiger partial charge in [-0.15, -0.1) is 0 Å². The quantitative estimate of drug-likeness (QED) is 0.430. The number of nitrogens with zero attached hydrogens (tertiary/aromatic N) is 2. The third-order valence-corrected chi connectivity index (χ3v) is 9.42. The van der Waals surface area contributed by atoms with E-state index in [0.717, 1.165) is 51.3 Å². The molecule has 4 rings (SSSR count). The number of hydrogen-bond donors (Lipinski definition) is 1. The number of aromatic nitrogens is 2. The zero-order valence-corrected chi connectivity index (χ0v) is 23.1. The van der Waals surface area contributed by atoms with Gasteiger partial charge in [0.05, 0.1) is 28.9 Å². The maximum Gasteiger partial charge on any atom is 0.308 e. The van der Waals surface area contributed by atoms with Gasteiger partial charge in [0, 0.05) is 25.1 Å². The minimum atomic E-state index is -3.45. The van der Waals surface area contributed by atoms with Crippen molar-refractivity contribution in [2.45, 2.75) is 75.1 Å². The van der Waals surface area contributed by atoms with Crippen LogP contribution in [0.4, 0.5) is 5.82 Å². The topological polar surface area (TPSA) is 107 Å². The predicted molar refractivity (Wildman–Crippen MR) is 142 cm³/mol. The van der Waals surface area contributed by atoms with E-state index in [1.165, 1.54) is 26.0 Å². The van der Waals surface area contributed by atoms with Crippen molar-refractivity contribution >= 4 is 39.1 Å². The molecule has 1 unspecified atom stereocenters. The first-order chi connectivity index (χ1) is 17.6. The molecule has 2 saturated carbocycles. The molecule has 1 N–H and O–H groups in total. The molecule has 8 nitrogen and oxygen atoms in total. The lowest BCUT2D eigenvalue weighted by Gasteiger charge is -2.26. The number of halogens is 1. The first-order valence-electron chi connectivity index (χ1n) is 13.1. The van der Waals surface area contributed by atoms with Crippen molar-refractivity contribution in [2.75, 3.05) is 18.7 Å². The second-order valence-corrected chi connectivity index (χ2v) is 12.9. The van der Waals surface area contributed by atoms with Crippen LogP contribution >= 0.6 is 11.6 Å². The van der Waals surface area contributed by atoms with Crippen LogP contribution < -0.4 is 5.32 Å². The molecule has 0 radical (unpaired) electrons. The minimum Gasteiger partial charge on any atom is -0.469 e. The van der Waals surface area contributed by atoms with Crippen molar-refractivity contribution in [3.63, 3.8) is 0 Å². The number of amides is 1. The largest absolute Gasteiger partial charge is 0.469 e. The van der Waals surface area contributed by atoms with E-state index in [-0.39, 0.29) is 27.7 Å². The lowest BCUT2D eigenvalue weighted by atomic mass is 9.82. The Morgan fingerprint density at radius 1 is 1.11 bits per heavy atom. The average Bonchev–Trinajstić information content (AvgIpc) is 3.53. The third-order valence-electron chi connectivity index (χ3n) is 7.84. The SMILES string of the molecule is COC(=O)C1CCC(Cn2ccc(NC(=O)C(CC3CCCC3)c3ccc(S(C)(=O)=O)c(Cl)c3)n2)CC1. The van der Waals surface area contributed by atoms with Gasteiger partial charge in [-0.2, -0.15) is 5.10 Å². The molecule has 2 aliphatic carbocycles. The van der Waals surface area contributed by atoms with Gasteiger partial charge in [-0.1, -0.05) is 43.4 Å². The van der Waals surface area contributed by atoms with E-state index in [0.29, 0.717) is 29.6 Å². The number of carbonyl (C=O) groups is 2. The fourth-order valence-electron chi connectivity index (χ4n) is 5.76. The number of esters is 1. The summed E-state index contributed by atoms with van der Waals surface area (Å²) < 4.78 is 30.7. The molecule has 2 aliphatic rings. The Hall–Kier alpha value is -2.39. The highest BCUT2D eigenvalue weighted by Gasteiger charge is 2.29. The first kappa shape index (κ1) is 27.6. The molecular formula is C27H36ClN3O5S. The number of sulfone groups is 1. The maximum atomic E-state index is 13.5. The van der Waals surface area contributed by atoms with E-state index in [9.17, 15) is 18.0 Å². The summed E-state index contributed by atoms with van der Waals surface area (Å²) in [5, 5.41) is 7.68. The number of anilines is 1. The van der Waals surface area contributed by atoms with E-state index in [1.807, 2.05) is 10.9 Å². The van der Waals surface area contributed by atoms with Gasteiger partial charge in [0.2, 0.25) is 5.91 Å². The molecule has 0 aliphatic heterocycles. The average molecular weight is 550 g/mol. The maximum absolute atomic E-state index is 13.5. The van der Waals surface area contributed by atoms with E-state index < -0.39 is 15.8 Å². The Labute approximate surface area is 224 Å². The highest BCUT2D eigenvalue weighted by Crippen LogP contribution is 2.36. The Morgan fingerprint density at radius 2 is 1.81 bits per heavy atom. The summed E-state index contributed by atoms with van der Waals surface area (Å²) in [6.45, 7) is 0.734. The van der Waals surface area contributed by atoms with Gasteiger partial charge in [0.15, 0.2) is 15.7 Å². The molecule has 37 heavy (non-hydrogen) atoms. The van der Waals surface area contributed by atoms with Crippen molar-refractivity contribution in [1.29, 1.82) is 0 Å². The summed E-state index contributed by atoms with van der Waals surface area (Å²) in [6.07, 6.45) is 11.7. The molecule has 0 bridgehead atoms. The van der Waals surface area contributed by atoms with E-state index >= 15 is 0 Å². The van der Waals surface area contributed by atoms with Gasteiger partial charge < -0.3 is 10.1 Å². The zero-order chi connectivity index (χ0) is 26.6. The van der Waals surface area contributed by atoms with E-state index in [1.54, 1.807) is 18.2 Å². The Balaban J connectivity index is 1.43. The monoisotopic (exact) mass is 549 g/mol. The summed E-state index contributed by atoms with van der Waals surface area (Å²) in [6, 6.07) is 6.60. The van der Waals surface area contributed by atoms with Crippen molar-refractivity contribution in [2.24, 2.45) is 17.8 Å². The molecule has 0 spiro atoms. The van der Waals surface area contributed by atoms with Crippen LogP contribution in [0.5, 0.6) is 0 Å². The second kappa shape index (κ2) is 12.0. The van der Waals surface area contributed by atoms with Gasteiger partial charge in [0.1, 0.15) is 0 Å². The summed E-state index contributed by atoms with van der Waals surface area (Å²) in [5.74, 6) is 0.611. The van der Waals surface area contributed by atoms with Gasteiger partial charge in [-0.3, -0.25) is 14.3 Å². The van der Waals surface area contributed by atoms with Crippen LogP contribution in [0.2, 0.25) is 5.02 Å². The zero-order valence-electron chi connectivity index (χ0n) is 21.5. The van der Waals surface area contributed by atoms with Crippen LogP contribution in [0, 0.1) is 17.8 Å². The van der Waals surface area contributed by atoms with Crippen LogP contribution in [-0.2, 0) is 30.7 Å². The highest BCUT2D eigenvalue weighted by molar-refractivity contribution is 7.90.